The Hall–Kier alpha value is -3.38. The molecule has 1 aliphatic rings. The van der Waals surface area contributed by atoms with Crippen molar-refractivity contribution in [3.05, 3.63) is 78.4 Å². The average Bonchev–Trinajstić information content (AvgIpc) is 3.27. The van der Waals surface area contributed by atoms with Crippen LogP contribution in [0.15, 0.2) is 71.4 Å². The second-order valence-corrected chi connectivity index (χ2v) is 7.74. The first-order valence-corrected chi connectivity index (χ1v) is 10.2. The minimum atomic E-state index is -0.0133. The summed E-state index contributed by atoms with van der Waals surface area (Å²) in [5.41, 5.74) is 1.59. The van der Waals surface area contributed by atoms with Gasteiger partial charge in [0.2, 0.25) is 11.8 Å². The van der Waals surface area contributed by atoms with Gasteiger partial charge >= 0.3 is 0 Å². The summed E-state index contributed by atoms with van der Waals surface area (Å²) in [7, 11) is 0. The summed E-state index contributed by atoms with van der Waals surface area (Å²) in [6.07, 6.45) is 5.30. The van der Waals surface area contributed by atoms with E-state index in [2.05, 4.69) is 32.2 Å². The molecule has 0 unspecified atom stereocenters. The number of carbonyl (C=O) groups is 1. The average molecular weight is 398 g/mol. The van der Waals surface area contributed by atoms with Crippen molar-refractivity contribution in [3.8, 4) is 11.5 Å². The molecule has 6 heteroatoms. The van der Waals surface area contributed by atoms with Gasteiger partial charge in [-0.2, -0.15) is 0 Å². The van der Waals surface area contributed by atoms with Crippen LogP contribution in [-0.4, -0.2) is 39.0 Å². The predicted molar refractivity (Wildman–Crippen MR) is 114 cm³/mol. The molecule has 0 spiro atoms. The first-order chi connectivity index (χ1) is 14.8. The summed E-state index contributed by atoms with van der Waals surface area (Å²) >= 11 is 0. The number of rotatable bonds is 5. The van der Waals surface area contributed by atoms with Crippen molar-refractivity contribution in [2.45, 2.75) is 19.4 Å². The lowest BCUT2D eigenvalue weighted by molar-refractivity contribution is 0.0800. The molecule has 5 rings (SSSR count). The molecule has 150 valence electrons. The number of pyridine rings is 1. The van der Waals surface area contributed by atoms with Gasteiger partial charge in [-0.15, -0.1) is 10.2 Å². The van der Waals surface area contributed by atoms with Crippen LogP contribution in [0.2, 0.25) is 0 Å². The number of nitrogens with zero attached hydrogens (tertiary/aromatic N) is 4. The van der Waals surface area contributed by atoms with Gasteiger partial charge in [-0.05, 0) is 48.4 Å². The Morgan fingerprint density at radius 2 is 1.97 bits per heavy atom. The topological polar surface area (TPSA) is 72.1 Å². The number of ketones is 1. The number of carbonyl (C=O) groups excluding carboxylic acids is 1. The normalized spacial score (nSPS) is 17.3. The highest BCUT2D eigenvalue weighted by molar-refractivity contribution is 6.01. The van der Waals surface area contributed by atoms with Crippen LogP contribution in [0.25, 0.3) is 22.2 Å². The molecule has 3 heterocycles. The molecule has 1 fully saturated rings. The Morgan fingerprint density at radius 3 is 2.83 bits per heavy atom. The lowest BCUT2D eigenvalue weighted by Gasteiger charge is -2.31. The van der Waals surface area contributed by atoms with Gasteiger partial charge in [0.1, 0.15) is 0 Å². The largest absolute Gasteiger partial charge is 0.419 e. The maximum absolute atomic E-state index is 13.1. The Morgan fingerprint density at radius 1 is 1.07 bits per heavy atom. The Balaban J connectivity index is 1.27. The molecule has 1 atom stereocenters. The lowest BCUT2D eigenvalue weighted by atomic mass is 9.89. The van der Waals surface area contributed by atoms with Crippen molar-refractivity contribution in [3.63, 3.8) is 0 Å². The van der Waals surface area contributed by atoms with E-state index >= 15 is 0 Å². The number of likely N-dealkylation sites (tertiary alicyclic amines) is 1. The zero-order valence-electron chi connectivity index (χ0n) is 16.6. The van der Waals surface area contributed by atoms with Crippen LogP contribution in [0.1, 0.15) is 29.1 Å². The van der Waals surface area contributed by atoms with Crippen molar-refractivity contribution in [2.24, 2.45) is 5.92 Å². The molecule has 0 radical (unpaired) electrons. The zero-order chi connectivity index (χ0) is 20.3. The van der Waals surface area contributed by atoms with Gasteiger partial charge in [0, 0.05) is 30.4 Å². The Labute approximate surface area is 174 Å². The highest BCUT2D eigenvalue weighted by Crippen LogP contribution is 2.25. The number of piperidine rings is 1. The van der Waals surface area contributed by atoms with Gasteiger partial charge in [-0.3, -0.25) is 14.7 Å². The van der Waals surface area contributed by atoms with Crippen molar-refractivity contribution in [1.82, 2.24) is 20.1 Å². The van der Waals surface area contributed by atoms with E-state index in [1.165, 1.54) is 0 Å². The third-order valence-corrected chi connectivity index (χ3v) is 5.64. The van der Waals surface area contributed by atoms with E-state index in [-0.39, 0.29) is 11.7 Å². The van der Waals surface area contributed by atoms with Crippen LogP contribution in [-0.2, 0) is 6.54 Å². The fourth-order valence-corrected chi connectivity index (χ4v) is 4.11. The molecule has 4 aromatic rings. The second-order valence-electron chi connectivity index (χ2n) is 7.74. The number of hydrogen-bond donors (Lipinski definition) is 0. The minimum Gasteiger partial charge on any atom is -0.419 e. The number of aromatic nitrogens is 3. The van der Waals surface area contributed by atoms with E-state index < -0.39 is 0 Å². The van der Waals surface area contributed by atoms with Gasteiger partial charge < -0.3 is 4.42 Å². The van der Waals surface area contributed by atoms with Crippen molar-refractivity contribution in [2.75, 3.05) is 13.1 Å². The van der Waals surface area contributed by atoms with E-state index in [0.29, 0.717) is 24.9 Å². The molecular weight excluding hydrogens is 376 g/mol. The fraction of sp³-hybridized carbons (Fsp3) is 0.250. The lowest BCUT2D eigenvalue weighted by Crippen LogP contribution is -2.38. The first-order valence-electron chi connectivity index (χ1n) is 10.2. The molecule has 0 amide bonds. The second kappa shape index (κ2) is 8.16. The fourth-order valence-electron chi connectivity index (χ4n) is 4.11. The molecule has 0 saturated carbocycles. The van der Waals surface area contributed by atoms with Gasteiger partial charge in [-0.1, -0.05) is 36.4 Å². The van der Waals surface area contributed by atoms with Gasteiger partial charge in [-0.25, -0.2) is 0 Å². The van der Waals surface area contributed by atoms with Gasteiger partial charge in [0.05, 0.1) is 12.1 Å². The monoisotopic (exact) mass is 398 g/mol. The Kier molecular flexibility index (Phi) is 5.07. The van der Waals surface area contributed by atoms with E-state index in [0.717, 1.165) is 41.3 Å². The van der Waals surface area contributed by atoms with Gasteiger partial charge in [0.15, 0.2) is 5.78 Å². The zero-order valence-corrected chi connectivity index (χ0v) is 16.6. The summed E-state index contributed by atoms with van der Waals surface area (Å²) < 4.78 is 5.81. The highest BCUT2D eigenvalue weighted by atomic mass is 16.4. The highest BCUT2D eigenvalue weighted by Gasteiger charge is 2.27. The van der Waals surface area contributed by atoms with E-state index in [1.807, 2.05) is 42.5 Å². The molecule has 6 nitrogen and oxygen atoms in total. The predicted octanol–water partition coefficient (Wildman–Crippen LogP) is 4.38. The van der Waals surface area contributed by atoms with Crippen molar-refractivity contribution < 1.29 is 9.21 Å². The maximum Gasteiger partial charge on any atom is 0.249 e. The molecule has 30 heavy (non-hydrogen) atoms. The van der Waals surface area contributed by atoms with E-state index in [9.17, 15) is 4.79 Å². The Bertz CT molecular complexity index is 1170. The number of Topliss-reactive ketones (excluding diaryl/α,β-unsaturated/α-hetero) is 1. The molecule has 2 aromatic carbocycles. The number of benzene rings is 2. The molecule has 0 aliphatic carbocycles. The number of hydrogen-bond acceptors (Lipinski definition) is 6. The van der Waals surface area contributed by atoms with E-state index in [1.54, 1.807) is 12.4 Å². The van der Waals surface area contributed by atoms with Crippen LogP contribution in [0, 0.1) is 5.92 Å². The van der Waals surface area contributed by atoms with Crippen LogP contribution in [0.3, 0.4) is 0 Å². The van der Waals surface area contributed by atoms with Crippen LogP contribution < -0.4 is 0 Å². The standard InChI is InChI=1S/C24H22N4O2/c29-23(19-10-9-17-5-1-2-6-18(17)13-19)21-8-4-12-28(15-21)16-22-26-27-24(30-22)20-7-3-11-25-14-20/h1-3,5-7,9-11,13-14,21H,4,8,12,15-16H2/t21-/m1/s1. The van der Waals surface area contributed by atoms with Gasteiger partial charge in [0.25, 0.3) is 0 Å². The maximum atomic E-state index is 13.1. The van der Waals surface area contributed by atoms with Crippen LogP contribution in [0.4, 0.5) is 0 Å². The molecule has 0 N–H and O–H groups in total. The third-order valence-electron chi connectivity index (χ3n) is 5.64. The van der Waals surface area contributed by atoms with E-state index in [4.69, 9.17) is 4.42 Å². The number of fused-ring (bicyclic) bond motifs is 1. The summed E-state index contributed by atoms with van der Waals surface area (Å²) in [5, 5.41) is 10.6. The van der Waals surface area contributed by atoms with Crippen molar-refractivity contribution >= 4 is 16.6 Å². The van der Waals surface area contributed by atoms with Crippen molar-refractivity contribution in [1.29, 1.82) is 0 Å². The summed E-state index contributed by atoms with van der Waals surface area (Å²) in [4.78, 5) is 19.5. The minimum absolute atomic E-state index is 0.0133. The summed E-state index contributed by atoms with van der Waals surface area (Å²) in [5.74, 6) is 1.24. The third kappa shape index (κ3) is 3.86. The first kappa shape index (κ1) is 18.6. The smallest absolute Gasteiger partial charge is 0.249 e. The summed E-state index contributed by atoms with van der Waals surface area (Å²) in [6.45, 7) is 2.18. The molecule has 1 saturated heterocycles. The molecule has 1 aliphatic heterocycles. The quantitative estimate of drug-likeness (QED) is 0.465. The van der Waals surface area contributed by atoms with Crippen LogP contribution >= 0.6 is 0 Å². The molecular formula is C24H22N4O2. The van der Waals surface area contributed by atoms with Crippen LogP contribution in [0.5, 0.6) is 0 Å². The SMILES string of the molecule is O=C(c1ccc2ccccc2c1)[C@@H]1CCCN(Cc2nnc(-c3cccnc3)o2)C1. The molecule has 0 bridgehead atoms. The molecule has 2 aromatic heterocycles. The summed E-state index contributed by atoms with van der Waals surface area (Å²) in [6, 6.07) is 17.8.